The van der Waals surface area contributed by atoms with E-state index in [9.17, 15) is 18.0 Å². The first-order valence-corrected chi connectivity index (χ1v) is 11.7. The van der Waals surface area contributed by atoms with E-state index >= 15 is 0 Å². The normalized spacial score (nSPS) is 13.0. The Kier molecular flexibility index (Phi) is 9.25. The minimum absolute atomic E-state index is 0.148. The van der Waals surface area contributed by atoms with Gasteiger partial charge < -0.3 is 15.3 Å². The lowest BCUT2D eigenvalue weighted by Crippen LogP contribution is -2.42. The van der Waals surface area contributed by atoms with Crippen LogP contribution in [0.25, 0.3) is 0 Å². The summed E-state index contributed by atoms with van der Waals surface area (Å²) < 4.78 is 31.7. The largest absolute Gasteiger partial charge is 0.490 e. The molecule has 8 heteroatoms. The number of rotatable bonds is 6. The topological polar surface area (TPSA) is 69.6 Å². The molecular formula is C28H29F3N2O3. The number of carboxylic acid groups (broad SMARTS) is 1. The van der Waals surface area contributed by atoms with Gasteiger partial charge in [-0.1, -0.05) is 78.4 Å². The predicted molar refractivity (Wildman–Crippen MR) is 133 cm³/mol. The third kappa shape index (κ3) is 7.42. The summed E-state index contributed by atoms with van der Waals surface area (Å²) in [5.74, 6) is -2.39. The summed E-state index contributed by atoms with van der Waals surface area (Å²) in [6.45, 7) is 3.99. The van der Waals surface area contributed by atoms with Gasteiger partial charge in [0.05, 0.1) is 6.54 Å². The molecular weight excluding hydrogens is 469 g/mol. The first kappa shape index (κ1) is 26.9. The number of fused-ring (bicyclic) bond motifs is 1. The number of aryl methyl sites for hydroxylation is 2. The van der Waals surface area contributed by atoms with E-state index in [1.165, 1.54) is 22.3 Å². The van der Waals surface area contributed by atoms with Gasteiger partial charge in [-0.25, -0.2) is 4.79 Å². The first-order valence-electron chi connectivity index (χ1n) is 11.7. The molecule has 3 aromatic carbocycles. The molecule has 0 atom stereocenters. The summed E-state index contributed by atoms with van der Waals surface area (Å²) in [6.07, 6.45) is -3.00. The van der Waals surface area contributed by atoms with E-state index in [1.54, 1.807) is 0 Å². The van der Waals surface area contributed by atoms with Crippen LogP contribution in [0.2, 0.25) is 0 Å². The predicted octanol–water partition coefficient (Wildman–Crippen LogP) is 5.33. The van der Waals surface area contributed by atoms with Crippen molar-refractivity contribution < 1.29 is 27.9 Å². The van der Waals surface area contributed by atoms with E-state index in [4.69, 9.17) is 9.90 Å². The molecule has 5 nitrogen and oxygen atoms in total. The average molecular weight is 499 g/mol. The van der Waals surface area contributed by atoms with Gasteiger partial charge in [0.1, 0.15) is 0 Å². The number of carbonyl (C=O) groups excluding carboxylic acids is 1. The standard InChI is InChI=1S/C26H28N2O.C2HF3O2/c1-20-14-15-25-23(17-20)13-8-16-28(25)26(29)19-27-18-24(21-9-4-2-5-10-21)22-11-6-3-7-12-22;3-2(4,5)1(6)7/h2-7,9-12,14-15,17,24,27H,8,13,16,18-19H2,1H3;(H,6,7). The van der Waals surface area contributed by atoms with Gasteiger partial charge in [0.2, 0.25) is 5.91 Å². The Hall–Kier alpha value is -3.65. The van der Waals surface area contributed by atoms with Gasteiger partial charge in [-0.15, -0.1) is 0 Å². The van der Waals surface area contributed by atoms with Crippen molar-refractivity contribution in [2.45, 2.75) is 31.9 Å². The van der Waals surface area contributed by atoms with Crippen molar-refractivity contribution in [1.29, 1.82) is 0 Å². The van der Waals surface area contributed by atoms with Crippen molar-refractivity contribution in [3.63, 3.8) is 0 Å². The number of halogens is 3. The molecule has 1 aliphatic rings. The number of amides is 1. The van der Waals surface area contributed by atoms with E-state index in [0.29, 0.717) is 6.54 Å². The average Bonchev–Trinajstić information content (AvgIpc) is 2.87. The molecule has 0 saturated heterocycles. The minimum Gasteiger partial charge on any atom is -0.475 e. The molecule has 0 saturated carbocycles. The van der Waals surface area contributed by atoms with E-state index in [-0.39, 0.29) is 11.8 Å². The summed E-state index contributed by atoms with van der Waals surface area (Å²) in [6, 6.07) is 27.4. The first-order chi connectivity index (χ1) is 17.2. The highest BCUT2D eigenvalue weighted by molar-refractivity contribution is 5.96. The molecule has 0 fully saturated rings. The van der Waals surface area contributed by atoms with Gasteiger partial charge in [-0.2, -0.15) is 13.2 Å². The minimum atomic E-state index is -5.08. The second kappa shape index (κ2) is 12.4. The number of alkyl halides is 3. The molecule has 0 aliphatic carbocycles. The van der Waals surface area contributed by atoms with Crippen LogP contribution in [0.5, 0.6) is 0 Å². The number of hydrogen-bond donors (Lipinski definition) is 2. The SMILES string of the molecule is Cc1ccc2c(c1)CCCN2C(=O)CNCC(c1ccccc1)c1ccccc1.O=C(O)C(F)(F)F. The van der Waals surface area contributed by atoms with Crippen molar-refractivity contribution >= 4 is 17.6 Å². The molecule has 190 valence electrons. The summed E-state index contributed by atoms with van der Waals surface area (Å²) >= 11 is 0. The van der Waals surface area contributed by atoms with Crippen molar-refractivity contribution in [3.8, 4) is 0 Å². The summed E-state index contributed by atoms with van der Waals surface area (Å²) in [4.78, 5) is 23.8. The lowest BCUT2D eigenvalue weighted by molar-refractivity contribution is -0.192. The van der Waals surface area contributed by atoms with Crippen LogP contribution >= 0.6 is 0 Å². The molecule has 1 amide bonds. The number of nitrogens with zero attached hydrogens (tertiary/aromatic N) is 1. The molecule has 0 radical (unpaired) electrons. The maximum absolute atomic E-state index is 13.0. The highest BCUT2D eigenvalue weighted by atomic mass is 19.4. The van der Waals surface area contributed by atoms with Gasteiger partial charge >= 0.3 is 12.1 Å². The number of nitrogens with one attached hydrogen (secondary N) is 1. The van der Waals surface area contributed by atoms with Gasteiger partial charge in [0, 0.05) is 24.7 Å². The Balaban J connectivity index is 0.000000454. The third-order valence-electron chi connectivity index (χ3n) is 5.93. The van der Waals surface area contributed by atoms with Crippen molar-refractivity contribution in [2.75, 3.05) is 24.5 Å². The van der Waals surface area contributed by atoms with Crippen molar-refractivity contribution in [3.05, 3.63) is 101 Å². The van der Waals surface area contributed by atoms with Crippen LogP contribution in [-0.4, -0.2) is 42.8 Å². The smallest absolute Gasteiger partial charge is 0.475 e. The fourth-order valence-electron chi connectivity index (χ4n) is 4.20. The molecule has 3 aromatic rings. The number of hydrogen-bond acceptors (Lipinski definition) is 3. The second-order valence-corrected chi connectivity index (χ2v) is 8.59. The lowest BCUT2D eigenvalue weighted by Gasteiger charge is -2.30. The molecule has 0 spiro atoms. The number of carboxylic acids is 1. The zero-order chi connectivity index (χ0) is 26.1. The zero-order valence-corrected chi connectivity index (χ0v) is 20.0. The van der Waals surface area contributed by atoms with E-state index < -0.39 is 12.1 Å². The number of benzene rings is 3. The van der Waals surface area contributed by atoms with Crippen LogP contribution in [0.15, 0.2) is 78.9 Å². The van der Waals surface area contributed by atoms with Gasteiger partial charge in [-0.3, -0.25) is 4.79 Å². The van der Waals surface area contributed by atoms with Crippen LogP contribution in [-0.2, 0) is 16.0 Å². The van der Waals surface area contributed by atoms with Crippen molar-refractivity contribution in [2.24, 2.45) is 0 Å². The Bertz CT molecular complexity index is 1110. The van der Waals surface area contributed by atoms with E-state index in [2.05, 4.69) is 79.0 Å². The van der Waals surface area contributed by atoms with Crippen LogP contribution in [0.1, 0.15) is 34.6 Å². The summed E-state index contributed by atoms with van der Waals surface area (Å²) in [7, 11) is 0. The summed E-state index contributed by atoms with van der Waals surface area (Å²) in [5, 5.41) is 10.6. The molecule has 1 aliphatic heterocycles. The molecule has 4 rings (SSSR count). The second-order valence-electron chi connectivity index (χ2n) is 8.59. The monoisotopic (exact) mass is 498 g/mol. The van der Waals surface area contributed by atoms with Gasteiger partial charge in [0.25, 0.3) is 0 Å². The van der Waals surface area contributed by atoms with Crippen LogP contribution in [0, 0.1) is 6.92 Å². The summed E-state index contributed by atoms with van der Waals surface area (Å²) in [5.41, 5.74) is 6.15. The Labute approximate surface area is 208 Å². The molecule has 0 unspecified atom stereocenters. The number of anilines is 1. The van der Waals surface area contributed by atoms with E-state index in [0.717, 1.165) is 31.6 Å². The van der Waals surface area contributed by atoms with Gasteiger partial charge in [-0.05, 0) is 42.5 Å². The maximum Gasteiger partial charge on any atom is 0.490 e. The van der Waals surface area contributed by atoms with Crippen LogP contribution in [0.3, 0.4) is 0 Å². The van der Waals surface area contributed by atoms with Crippen LogP contribution in [0.4, 0.5) is 18.9 Å². The van der Waals surface area contributed by atoms with Crippen molar-refractivity contribution in [1.82, 2.24) is 5.32 Å². The molecule has 36 heavy (non-hydrogen) atoms. The Morgan fingerprint density at radius 2 is 1.53 bits per heavy atom. The highest BCUT2D eigenvalue weighted by Gasteiger charge is 2.38. The number of carbonyl (C=O) groups is 2. The fourth-order valence-corrected chi connectivity index (χ4v) is 4.20. The lowest BCUT2D eigenvalue weighted by atomic mass is 9.91. The Morgan fingerprint density at radius 3 is 2.06 bits per heavy atom. The fraction of sp³-hybridized carbons (Fsp3) is 0.286. The maximum atomic E-state index is 13.0. The molecule has 0 bridgehead atoms. The zero-order valence-electron chi connectivity index (χ0n) is 20.0. The molecule has 0 aromatic heterocycles. The Morgan fingerprint density at radius 1 is 0.972 bits per heavy atom. The van der Waals surface area contributed by atoms with E-state index in [1.807, 2.05) is 17.0 Å². The number of aliphatic carboxylic acids is 1. The molecule has 2 N–H and O–H groups in total. The van der Waals surface area contributed by atoms with Crippen LogP contribution < -0.4 is 10.2 Å². The molecule has 1 heterocycles. The quantitative estimate of drug-likeness (QED) is 0.482. The highest BCUT2D eigenvalue weighted by Crippen LogP contribution is 2.28. The van der Waals surface area contributed by atoms with Gasteiger partial charge in [0.15, 0.2) is 0 Å². The third-order valence-corrected chi connectivity index (χ3v) is 5.93.